The molecule has 2 N–H and O–H groups in total. The first kappa shape index (κ1) is 15.6. The van der Waals surface area contributed by atoms with Crippen LogP contribution in [-0.2, 0) is 0 Å². The van der Waals surface area contributed by atoms with Gasteiger partial charge in [0.25, 0.3) is 0 Å². The van der Waals surface area contributed by atoms with Crippen LogP contribution in [0.2, 0.25) is 0 Å². The predicted molar refractivity (Wildman–Crippen MR) is 84.7 cm³/mol. The lowest BCUT2D eigenvalue weighted by atomic mass is 10.3. The first-order chi connectivity index (χ1) is 10.2. The maximum absolute atomic E-state index is 9.53. The summed E-state index contributed by atoms with van der Waals surface area (Å²) in [5.74, 6) is 0.182. The van der Waals surface area contributed by atoms with Crippen LogP contribution < -0.4 is 5.32 Å². The second-order valence-electron chi connectivity index (χ2n) is 4.26. The molecule has 4 nitrogen and oxygen atoms in total. The highest BCUT2D eigenvalue weighted by Crippen LogP contribution is 2.33. The molecule has 1 aromatic carbocycles. The average molecular weight is 320 g/mol. The van der Waals surface area contributed by atoms with Gasteiger partial charge in [0, 0.05) is 23.3 Å². The van der Waals surface area contributed by atoms with Gasteiger partial charge in [0.15, 0.2) is 0 Å². The molecule has 2 aromatic rings. The Labute approximate surface area is 132 Å². The first-order valence-corrected chi connectivity index (χ1v) is 7.69. The topological polar surface area (TPSA) is 68.9 Å². The highest BCUT2D eigenvalue weighted by Gasteiger charge is 2.09. The SMILES string of the molecule is N#Cc1cccnc1Sc1ccccc1NCC(O)CCl. The summed E-state index contributed by atoms with van der Waals surface area (Å²) < 4.78 is 0. The van der Waals surface area contributed by atoms with Crippen molar-refractivity contribution in [1.29, 1.82) is 5.26 Å². The van der Waals surface area contributed by atoms with Crippen molar-refractivity contribution in [3.8, 4) is 6.07 Å². The molecular formula is C15H14ClN3OS. The monoisotopic (exact) mass is 319 g/mol. The number of para-hydroxylation sites is 1. The number of pyridine rings is 1. The van der Waals surface area contributed by atoms with E-state index in [-0.39, 0.29) is 5.88 Å². The van der Waals surface area contributed by atoms with Crippen molar-refractivity contribution in [2.45, 2.75) is 16.0 Å². The minimum Gasteiger partial charge on any atom is -0.390 e. The van der Waals surface area contributed by atoms with E-state index >= 15 is 0 Å². The summed E-state index contributed by atoms with van der Waals surface area (Å²) in [5, 5.41) is 22.4. The molecule has 0 saturated heterocycles. The number of nitriles is 1. The number of aromatic nitrogens is 1. The number of benzene rings is 1. The van der Waals surface area contributed by atoms with Crippen molar-refractivity contribution in [2.24, 2.45) is 0 Å². The van der Waals surface area contributed by atoms with Crippen LogP contribution in [0.1, 0.15) is 5.56 Å². The quantitative estimate of drug-likeness (QED) is 0.801. The molecule has 1 heterocycles. The number of alkyl halides is 1. The lowest BCUT2D eigenvalue weighted by Gasteiger charge is -2.13. The van der Waals surface area contributed by atoms with Gasteiger partial charge in [-0.05, 0) is 24.3 Å². The number of rotatable bonds is 6. The third kappa shape index (κ3) is 4.36. The molecule has 0 aliphatic rings. The van der Waals surface area contributed by atoms with Crippen molar-refractivity contribution >= 4 is 29.1 Å². The van der Waals surface area contributed by atoms with Crippen LogP contribution in [0, 0.1) is 11.3 Å². The maximum Gasteiger partial charge on any atom is 0.119 e. The molecule has 0 saturated carbocycles. The molecule has 0 spiro atoms. The molecule has 1 unspecified atom stereocenters. The van der Waals surface area contributed by atoms with Crippen molar-refractivity contribution in [2.75, 3.05) is 17.7 Å². The molecule has 2 rings (SSSR count). The molecule has 0 radical (unpaired) electrons. The normalized spacial score (nSPS) is 11.7. The van der Waals surface area contributed by atoms with Gasteiger partial charge in [-0.25, -0.2) is 4.98 Å². The number of aliphatic hydroxyl groups is 1. The van der Waals surface area contributed by atoms with Gasteiger partial charge in [-0.3, -0.25) is 0 Å². The molecular weight excluding hydrogens is 306 g/mol. The standard InChI is InChI=1S/C15H14ClN3OS/c16-8-12(20)10-19-13-5-1-2-6-14(13)21-15-11(9-17)4-3-7-18-15/h1-7,12,19-20H,8,10H2. The summed E-state index contributed by atoms with van der Waals surface area (Å²) in [6.45, 7) is 0.369. The first-order valence-electron chi connectivity index (χ1n) is 6.34. The Balaban J connectivity index is 2.18. The summed E-state index contributed by atoms with van der Waals surface area (Å²) in [6.07, 6.45) is 1.06. The highest BCUT2D eigenvalue weighted by molar-refractivity contribution is 7.99. The number of nitrogens with one attached hydrogen (secondary N) is 1. The van der Waals surface area contributed by atoms with E-state index in [0.717, 1.165) is 10.6 Å². The van der Waals surface area contributed by atoms with Gasteiger partial charge in [0.1, 0.15) is 11.1 Å². The molecule has 0 fully saturated rings. The fourth-order valence-electron chi connectivity index (χ4n) is 1.65. The number of aliphatic hydroxyl groups excluding tert-OH is 1. The van der Waals surface area contributed by atoms with Crippen LogP contribution in [0.4, 0.5) is 5.69 Å². The molecule has 6 heteroatoms. The molecule has 0 aliphatic heterocycles. The second-order valence-corrected chi connectivity index (χ2v) is 5.59. The third-order valence-electron chi connectivity index (χ3n) is 2.69. The van der Waals surface area contributed by atoms with E-state index in [2.05, 4.69) is 16.4 Å². The Hall–Kier alpha value is -1.74. The summed E-state index contributed by atoms with van der Waals surface area (Å²) >= 11 is 7.00. The maximum atomic E-state index is 9.53. The third-order valence-corrected chi connectivity index (χ3v) is 4.14. The van der Waals surface area contributed by atoms with E-state index in [1.165, 1.54) is 11.8 Å². The van der Waals surface area contributed by atoms with Crippen molar-refractivity contribution in [3.63, 3.8) is 0 Å². The van der Waals surface area contributed by atoms with Crippen LogP contribution in [0.5, 0.6) is 0 Å². The number of anilines is 1. The molecule has 0 bridgehead atoms. The zero-order chi connectivity index (χ0) is 15.1. The van der Waals surface area contributed by atoms with Gasteiger partial charge in [0.05, 0.1) is 17.5 Å². The predicted octanol–water partition coefficient (Wildman–Crippen LogP) is 3.12. The van der Waals surface area contributed by atoms with Gasteiger partial charge < -0.3 is 10.4 Å². The van der Waals surface area contributed by atoms with Gasteiger partial charge >= 0.3 is 0 Å². The van der Waals surface area contributed by atoms with Crippen molar-refractivity contribution < 1.29 is 5.11 Å². The van der Waals surface area contributed by atoms with Crippen LogP contribution >= 0.6 is 23.4 Å². The van der Waals surface area contributed by atoms with E-state index in [9.17, 15) is 5.11 Å². The van der Waals surface area contributed by atoms with Crippen LogP contribution in [-0.4, -0.2) is 28.6 Å². The fourth-order valence-corrected chi connectivity index (χ4v) is 2.70. The Kier molecular flexibility index (Phi) is 5.88. The summed E-state index contributed by atoms with van der Waals surface area (Å²) in [6, 6.07) is 13.3. The molecule has 1 aromatic heterocycles. The number of hydrogen-bond donors (Lipinski definition) is 2. The number of halogens is 1. The van der Waals surface area contributed by atoms with Gasteiger partial charge in [-0.2, -0.15) is 5.26 Å². The van der Waals surface area contributed by atoms with Crippen LogP contribution in [0.3, 0.4) is 0 Å². The van der Waals surface area contributed by atoms with Gasteiger partial charge in [-0.1, -0.05) is 23.9 Å². The lowest BCUT2D eigenvalue weighted by molar-refractivity contribution is 0.211. The largest absolute Gasteiger partial charge is 0.390 e. The molecule has 21 heavy (non-hydrogen) atoms. The highest BCUT2D eigenvalue weighted by atomic mass is 35.5. The number of nitrogens with zero attached hydrogens (tertiary/aromatic N) is 2. The van der Waals surface area contributed by atoms with Crippen molar-refractivity contribution in [1.82, 2.24) is 4.98 Å². The minimum absolute atomic E-state index is 0.182. The Morgan fingerprint density at radius 1 is 1.33 bits per heavy atom. The van der Waals surface area contributed by atoms with Gasteiger partial charge in [-0.15, -0.1) is 11.6 Å². The lowest BCUT2D eigenvalue weighted by Crippen LogP contribution is -2.20. The minimum atomic E-state index is -0.603. The molecule has 1 atom stereocenters. The summed E-state index contributed by atoms with van der Waals surface area (Å²) in [5.41, 5.74) is 1.42. The van der Waals surface area contributed by atoms with E-state index < -0.39 is 6.10 Å². The summed E-state index contributed by atoms with van der Waals surface area (Å²) in [7, 11) is 0. The number of hydrogen-bond acceptors (Lipinski definition) is 5. The second kappa shape index (κ2) is 7.89. The molecule has 108 valence electrons. The Bertz CT molecular complexity index is 645. The zero-order valence-corrected chi connectivity index (χ0v) is 12.7. The van der Waals surface area contributed by atoms with Crippen LogP contribution in [0.25, 0.3) is 0 Å². The van der Waals surface area contributed by atoms with E-state index in [1.54, 1.807) is 18.3 Å². The van der Waals surface area contributed by atoms with E-state index in [1.807, 2.05) is 24.3 Å². The van der Waals surface area contributed by atoms with Crippen LogP contribution in [0.15, 0.2) is 52.5 Å². The summed E-state index contributed by atoms with van der Waals surface area (Å²) in [4.78, 5) is 5.18. The zero-order valence-electron chi connectivity index (χ0n) is 11.2. The smallest absolute Gasteiger partial charge is 0.119 e. The fraction of sp³-hybridized carbons (Fsp3) is 0.200. The average Bonchev–Trinajstić information content (AvgIpc) is 2.54. The van der Waals surface area contributed by atoms with E-state index in [4.69, 9.17) is 16.9 Å². The Morgan fingerprint density at radius 2 is 2.14 bits per heavy atom. The van der Waals surface area contributed by atoms with Gasteiger partial charge in [0.2, 0.25) is 0 Å². The van der Waals surface area contributed by atoms with Crippen molar-refractivity contribution in [3.05, 3.63) is 48.2 Å². The molecule has 0 aliphatic carbocycles. The Morgan fingerprint density at radius 3 is 2.90 bits per heavy atom. The molecule has 0 amide bonds. The van der Waals surface area contributed by atoms with E-state index in [0.29, 0.717) is 17.1 Å².